The molecule has 0 spiro atoms. The predicted octanol–water partition coefficient (Wildman–Crippen LogP) is 2.24. The first-order valence-electron chi connectivity index (χ1n) is 4.72. The van der Waals surface area contributed by atoms with Crippen LogP contribution < -0.4 is 5.73 Å². The van der Waals surface area contributed by atoms with Crippen molar-refractivity contribution < 1.29 is 5.11 Å². The Morgan fingerprint density at radius 2 is 2.00 bits per heavy atom. The van der Waals surface area contributed by atoms with Gasteiger partial charge in [0.2, 0.25) is 0 Å². The van der Waals surface area contributed by atoms with Gasteiger partial charge in [0.15, 0.2) is 0 Å². The van der Waals surface area contributed by atoms with E-state index in [-0.39, 0.29) is 17.7 Å². The van der Waals surface area contributed by atoms with Gasteiger partial charge in [-0.1, -0.05) is 20.8 Å². The van der Waals surface area contributed by atoms with Crippen LogP contribution in [0.15, 0.2) is 16.4 Å². The molecule has 2 atom stereocenters. The van der Waals surface area contributed by atoms with E-state index in [2.05, 4.69) is 11.7 Å². The van der Waals surface area contributed by atoms with Gasteiger partial charge in [-0.3, -0.25) is 4.99 Å². The molecule has 0 bridgehead atoms. The number of hydrogen-bond donors (Lipinski definition) is 2. The van der Waals surface area contributed by atoms with Crippen molar-refractivity contribution in [1.82, 2.24) is 0 Å². The van der Waals surface area contributed by atoms with Crippen LogP contribution in [0.25, 0.3) is 0 Å². The lowest BCUT2D eigenvalue weighted by Crippen LogP contribution is -2.18. The smallest absolute Gasteiger partial charge is 0.136 e. The molecule has 0 aliphatic heterocycles. The van der Waals surface area contributed by atoms with Crippen molar-refractivity contribution in [1.29, 1.82) is 0 Å². The highest BCUT2D eigenvalue weighted by Crippen LogP contribution is 2.17. The summed E-state index contributed by atoms with van der Waals surface area (Å²) in [6.45, 7) is 9.39. The molecule has 0 aliphatic carbocycles. The van der Waals surface area contributed by atoms with Crippen molar-refractivity contribution >= 4 is 6.72 Å². The summed E-state index contributed by atoms with van der Waals surface area (Å²) in [5.41, 5.74) is 6.31. The van der Waals surface area contributed by atoms with Gasteiger partial charge in [0.25, 0.3) is 0 Å². The first kappa shape index (κ1) is 12.0. The fourth-order valence-corrected chi connectivity index (χ4v) is 1.07. The molecule has 0 heterocycles. The number of aliphatic imine (C=N–C) groups is 1. The van der Waals surface area contributed by atoms with Crippen LogP contribution in [0.1, 0.15) is 33.6 Å². The topological polar surface area (TPSA) is 58.6 Å². The molecule has 76 valence electrons. The van der Waals surface area contributed by atoms with E-state index in [9.17, 15) is 5.11 Å². The summed E-state index contributed by atoms with van der Waals surface area (Å²) in [6, 6.07) is -0.242. The second kappa shape index (κ2) is 5.62. The lowest BCUT2D eigenvalue weighted by molar-refractivity contribution is 0.347. The van der Waals surface area contributed by atoms with E-state index in [1.54, 1.807) is 0 Å². The molecule has 3 N–H and O–H groups in total. The molecule has 0 aliphatic rings. The van der Waals surface area contributed by atoms with Crippen molar-refractivity contribution in [3.63, 3.8) is 0 Å². The summed E-state index contributed by atoms with van der Waals surface area (Å²) in [5, 5.41) is 9.70. The van der Waals surface area contributed by atoms with Crippen molar-refractivity contribution in [2.75, 3.05) is 0 Å². The summed E-state index contributed by atoms with van der Waals surface area (Å²) in [7, 11) is 0. The molecule has 0 aromatic heterocycles. The summed E-state index contributed by atoms with van der Waals surface area (Å²) >= 11 is 0. The molecule has 3 heteroatoms. The summed E-state index contributed by atoms with van der Waals surface area (Å²) in [4.78, 5) is 3.81. The summed E-state index contributed by atoms with van der Waals surface area (Å²) < 4.78 is 0. The van der Waals surface area contributed by atoms with E-state index >= 15 is 0 Å². The van der Waals surface area contributed by atoms with Gasteiger partial charge in [0.05, 0.1) is 5.70 Å². The van der Waals surface area contributed by atoms with Crippen LogP contribution >= 0.6 is 0 Å². The Morgan fingerprint density at radius 1 is 1.46 bits per heavy atom. The van der Waals surface area contributed by atoms with Crippen molar-refractivity contribution in [2.24, 2.45) is 16.6 Å². The van der Waals surface area contributed by atoms with E-state index in [4.69, 9.17) is 5.73 Å². The first-order chi connectivity index (χ1) is 6.08. The van der Waals surface area contributed by atoms with E-state index in [0.29, 0.717) is 5.70 Å². The van der Waals surface area contributed by atoms with Gasteiger partial charge < -0.3 is 10.8 Å². The molecule has 0 amide bonds. The molecule has 0 rings (SSSR count). The van der Waals surface area contributed by atoms with Crippen LogP contribution in [-0.4, -0.2) is 17.9 Å². The van der Waals surface area contributed by atoms with Gasteiger partial charge in [0.1, 0.15) is 11.8 Å². The molecule has 0 aromatic rings. The molecular weight excluding hydrogens is 164 g/mol. The van der Waals surface area contributed by atoms with Gasteiger partial charge in [0, 0.05) is 0 Å². The first-order valence-corrected chi connectivity index (χ1v) is 4.72. The molecular formula is C10H20N2O. The predicted molar refractivity (Wildman–Crippen MR) is 56.9 cm³/mol. The van der Waals surface area contributed by atoms with Gasteiger partial charge in [-0.2, -0.15) is 0 Å². The van der Waals surface area contributed by atoms with Crippen LogP contribution in [0.2, 0.25) is 0 Å². The quantitative estimate of drug-likeness (QED) is 0.508. The Kier molecular flexibility index (Phi) is 5.19. The molecule has 13 heavy (non-hydrogen) atoms. The minimum absolute atomic E-state index is 0.187. The third-order valence-electron chi connectivity index (χ3n) is 2.36. The molecule has 2 unspecified atom stereocenters. The number of nitrogens with zero attached hydrogens (tertiary/aromatic N) is 1. The maximum atomic E-state index is 9.70. The van der Waals surface area contributed by atoms with Crippen LogP contribution in [0.3, 0.4) is 0 Å². The average molecular weight is 184 g/mol. The van der Waals surface area contributed by atoms with E-state index < -0.39 is 0 Å². The van der Waals surface area contributed by atoms with E-state index in [1.807, 2.05) is 20.8 Å². The number of allylic oxidation sites excluding steroid dienone is 1. The third kappa shape index (κ3) is 3.09. The molecule has 0 aromatic carbocycles. The number of hydrogen-bond acceptors (Lipinski definition) is 3. The lowest BCUT2D eigenvalue weighted by Gasteiger charge is -2.15. The molecule has 0 fully saturated rings. The SMILES string of the molecule is C=NC(CC)/C(O)=C(/N)C(C)CC. The zero-order valence-corrected chi connectivity index (χ0v) is 8.75. The van der Waals surface area contributed by atoms with Crippen molar-refractivity contribution in [2.45, 2.75) is 39.7 Å². The van der Waals surface area contributed by atoms with Crippen molar-refractivity contribution in [3.05, 3.63) is 11.5 Å². The number of nitrogens with two attached hydrogens (primary N) is 1. The van der Waals surface area contributed by atoms with E-state index in [0.717, 1.165) is 12.8 Å². The average Bonchev–Trinajstić information content (AvgIpc) is 2.17. The fourth-order valence-electron chi connectivity index (χ4n) is 1.07. The molecule has 0 saturated carbocycles. The van der Waals surface area contributed by atoms with Crippen LogP contribution in [-0.2, 0) is 0 Å². The number of aliphatic hydroxyl groups is 1. The van der Waals surface area contributed by atoms with Crippen LogP contribution in [0.4, 0.5) is 0 Å². The van der Waals surface area contributed by atoms with Gasteiger partial charge >= 0.3 is 0 Å². The van der Waals surface area contributed by atoms with Crippen LogP contribution in [0, 0.1) is 5.92 Å². The number of rotatable bonds is 5. The molecule has 0 radical (unpaired) electrons. The zero-order valence-electron chi connectivity index (χ0n) is 8.75. The minimum Gasteiger partial charge on any atom is -0.508 e. The second-order valence-electron chi connectivity index (χ2n) is 3.26. The molecule has 0 saturated heterocycles. The maximum absolute atomic E-state index is 9.70. The van der Waals surface area contributed by atoms with Crippen LogP contribution in [0.5, 0.6) is 0 Å². The molecule has 3 nitrogen and oxygen atoms in total. The number of aliphatic hydroxyl groups excluding tert-OH is 1. The minimum atomic E-state index is -0.242. The Morgan fingerprint density at radius 3 is 2.31 bits per heavy atom. The zero-order chi connectivity index (χ0) is 10.4. The highest BCUT2D eigenvalue weighted by atomic mass is 16.3. The van der Waals surface area contributed by atoms with Gasteiger partial charge in [-0.25, -0.2) is 0 Å². The van der Waals surface area contributed by atoms with Gasteiger partial charge in [-0.15, -0.1) is 0 Å². The lowest BCUT2D eigenvalue weighted by atomic mass is 10.0. The summed E-state index contributed by atoms with van der Waals surface area (Å²) in [6.07, 6.45) is 1.65. The Labute approximate surface area is 80.4 Å². The monoisotopic (exact) mass is 184 g/mol. The second-order valence-corrected chi connectivity index (χ2v) is 3.26. The summed E-state index contributed by atoms with van der Waals surface area (Å²) in [5.74, 6) is 0.391. The Balaban J connectivity index is 4.66. The Bertz CT molecular complexity index is 199. The van der Waals surface area contributed by atoms with E-state index in [1.165, 1.54) is 0 Å². The normalized spacial score (nSPS) is 17.5. The standard InChI is InChI=1S/C10H20N2O/c1-5-7(3)9(11)10(13)8(6-2)12-4/h7-8,13H,4-6,11H2,1-3H3/b10-9-. The van der Waals surface area contributed by atoms with Crippen molar-refractivity contribution in [3.8, 4) is 0 Å². The maximum Gasteiger partial charge on any atom is 0.136 e. The highest BCUT2D eigenvalue weighted by Gasteiger charge is 2.15. The Hall–Kier alpha value is -0.990. The fraction of sp³-hybridized carbons (Fsp3) is 0.700. The third-order valence-corrected chi connectivity index (χ3v) is 2.36. The van der Waals surface area contributed by atoms with Gasteiger partial charge in [-0.05, 0) is 25.5 Å². The highest BCUT2D eigenvalue weighted by molar-refractivity contribution is 5.27. The largest absolute Gasteiger partial charge is 0.508 e.